The van der Waals surface area contributed by atoms with E-state index in [4.69, 9.17) is 10.2 Å². The summed E-state index contributed by atoms with van der Waals surface area (Å²) in [5.41, 5.74) is 5.52. The van der Waals surface area contributed by atoms with E-state index in [2.05, 4.69) is 65.3 Å². The van der Waals surface area contributed by atoms with Gasteiger partial charge in [0.1, 0.15) is 6.17 Å². The number of aliphatic hydroxyl groups excluding tert-OH is 2. The third-order valence-corrected chi connectivity index (χ3v) is 5.63. The van der Waals surface area contributed by atoms with Crippen molar-refractivity contribution >= 4 is 11.6 Å². The number of hydrogen-bond acceptors (Lipinski definition) is 5. The number of aliphatic hydroxyl groups is 2. The second kappa shape index (κ2) is 10.1. The smallest absolute Gasteiger partial charge is 0.230 e. The lowest BCUT2D eigenvalue weighted by molar-refractivity contribution is -0.123. The number of carbonyl (C=O) groups is 1. The maximum Gasteiger partial charge on any atom is 0.230 e. The Bertz CT molecular complexity index is 865. The minimum absolute atomic E-state index is 0.0882. The average molecular weight is 412 g/mol. The largest absolute Gasteiger partial charge is 0.397 e. The van der Waals surface area contributed by atoms with Crippen LogP contribution in [0.4, 0.5) is 5.69 Å². The lowest BCUT2D eigenvalue weighted by Gasteiger charge is -2.30. The highest BCUT2D eigenvalue weighted by atomic mass is 16.3. The van der Waals surface area contributed by atoms with Crippen LogP contribution in [-0.4, -0.2) is 35.9 Å². The van der Waals surface area contributed by atoms with Gasteiger partial charge in [0.25, 0.3) is 0 Å². The highest BCUT2D eigenvalue weighted by Gasteiger charge is 2.51. The molecule has 30 heavy (non-hydrogen) atoms. The number of rotatable bonds is 6. The molecule has 2 aromatic rings. The van der Waals surface area contributed by atoms with E-state index in [9.17, 15) is 4.79 Å². The lowest BCUT2D eigenvalue weighted by Crippen LogP contribution is -2.36. The van der Waals surface area contributed by atoms with Crippen LogP contribution in [0.1, 0.15) is 54.6 Å². The van der Waals surface area contributed by atoms with Gasteiger partial charge in [-0.15, -0.1) is 0 Å². The maximum absolute atomic E-state index is 12.6. The van der Waals surface area contributed by atoms with E-state index in [-0.39, 0.29) is 30.7 Å². The van der Waals surface area contributed by atoms with E-state index in [0.29, 0.717) is 13.0 Å². The fourth-order valence-corrected chi connectivity index (χ4v) is 3.87. The quantitative estimate of drug-likeness (QED) is 0.471. The molecule has 6 heteroatoms. The number of aryl methyl sites for hydroxylation is 1. The first-order chi connectivity index (χ1) is 14.5. The summed E-state index contributed by atoms with van der Waals surface area (Å²) >= 11 is 0. The highest BCUT2D eigenvalue weighted by molar-refractivity contribution is 5.91. The predicted molar refractivity (Wildman–Crippen MR) is 119 cm³/mol. The van der Waals surface area contributed by atoms with Gasteiger partial charge >= 0.3 is 0 Å². The Labute approximate surface area is 178 Å². The van der Waals surface area contributed by atoms with Crippen LogP contribution in [0, 0.1) is 6.92 Å². The fraction of sp³-hybridized carbons (Fsp3) is 0.458. The van der Waals surface area contributed by atoms with E-state index >= 15 is 0 Å². The molecule has 0 radical (unpaired) electrons. The number of nitrogens with one attached hydrogen (secondary N) is 3. The number of hydrogen-bond donors (Lipinski definition) is 5. The van der Waals surface area contributed by atoms with Crippen LogP contribution >= 0.6 is 0 Å². The summed E-state index contributed by atoms with van der Waals surface area (Å²) in [6.07, 6.45) is 2.48. The van der Waals surface area contributed by atoms with Crippen LogP contribution in [0.5, 0.6) is 0 Å². The number of anilines is 1. The van der Waals surface area contributed by atoms with Crippen molar-refractivity contribution in [3.63, 3.8) is 0 Å². The molecule has 2 aliphatic rings. The fourth-order valence-electron chi connectivity index (χ4n) is 3.87. The first kappa shape index (κ1) is 22.3. The van der Waals surface area contributed by atoms with Gasteiger partial charge in [-0.2, -0.15) is 0 Å². The van der Waals surface area contributed by atoms with E-state index in [1.165, 1.54) is 16.7 Å². The standard InChI is InChI=1S/C22H27N3O2.C2H6O/c1-15-4-2-5-16(12-15)20-24-14-17-13-18(6-7-19(17)25-20)22(8-9-22)21(27)23-10-3-11-26;1-2-3/h2,4-7,12-13,20,24-26H,3,8-11,14H2,1H3,(H,23,27);3H,2H2,1H3/t20-;/m1./s1. The summed E-state index contributed by atoms with van der Waals surface area (Å²) in [6, 6.07) is 14.9. The van der Waals surface area contributed by atoms with Gasteiger partial charge < -0.3 is 20.8 Å². The molecule has 1 aliphatic carbocycles. The number of benzene rings is 2. The summed E-state index contributed by atoms with van der Waals surface area (Å²) in [6.45, 7) is 5.44. The molecule has 0 unspecified atom stereocenters. The Morgan fingerprint density at radius 3 is 2.63 bits per heavy atom. The molecule has 5 N–H and O–H groups in total. The summed E-state index contributed by atoms with van der Waals surface area (Å²) in [7, 11) is 0. The molecule has 162 valence electrons. The minimum atomic E-state index is -0.377. The molecule has 1 heterocycles. The Balaban J connectivity index is 0.000000806. The van der Waals surface area contributed by atoms with E-state index in [0.717, 1.165) is 30.6 Å². The lowest BCUT2D eigenvalue weighted by atomic mass is 9.92. The highest BCUT2D eigenvalue weighted by Crippen LogP contribution is 2.49. The Morgan fingerprint density at radius 2 is 1.97 bits per heavy atom. The Morgan fingerprint density at radius 1 is 1.20 bits per heavy atom. The zero-order chi connectivity index (χ0) is 21.6. The van der Waals surface area contributed by atoms with Gasteiger partial charge in [0, 0.05) is 32.0 Å². The first-order valence-electron chi connectivity index (χ1n) is 10.7. The van der Waals surface area contributed by atoms with E-state index in [1.54, 1.807) is 6.92 Å². The number of carbonyl (C=O) groups excluding carboxylic acids is 1. The minimum Gasteiger partial charge on any atom is -0.397 e. The molecule has 4 rings (SSSR count). The van der Waals surface area contributed by atoms with Crippen LogP contribution in [0.2, 0.25) is 0 Å². The second-order valence-corrected chi connectivity index (χ2v) is 7.98. The van der Waals surface area contributed by atoms with Crippen molar-refractivity contribution < 1.29 is 15.0 Å². The van der Waals surface area contributed by atoms with Crippen molar-refractivity contribution in [1.29, 1.82) is 0 Å². The third kappa shape index (κ3) is 5.01. The summed E-state index contributed by atoms with van der Waals surface area (Å²) in [5.74, 6) is 0.0882. The molecule has 0 aromatic heterocycles. The Kier molecular flexibility index (Phi) is 7.48. The molecule has 1 saturated carbocycles. The predicted octanol–water partition coefficient (Wildman–Crippen LogP) is 2.74. The van der Waals surface area contributed by atoms with Crippen molar-refractivity contribution in [2.24, 2.45) is 0 Å². The number of fused-ring (bicyclic) bond motifs is 1. The van der Waals surface area contributed by atoms with Gasteiger partial charge in [-0.1, -0.05) is 42.0 Å². The van der Waals surface area contributed by atoms with Crippen molar-refractivity contribution in [1.82, 2.24) is 10.6 Å². The monoisotopic (exact) mass is 411 g/mol. The topological polar surface area (TPSA) is 93.6 Å². The average Bonchev–Trinajstić information content (AvgIpc) is 3.56. The molecule has 1 atom stereocenters. The van der Waals surface area contributed by atoms with Crippen molar-refractivity contribution in [2.75, 3.05) is 25.1 Å². The van der Waals surface area contributed by atoms with Crippen LogP contribution in [0.25, 0.3) is 0 Å². The molecule has 1 aliphatic heterocycles. The molecular weight excluding hydrogens is 378 g/mol. The molecule has 1 fully saturated rings. The molecule has 0 bridgehead atoms. The first-order valence-corrected chi connectivity index (χ1v) is 10.7. The van der Waals surface area contributed by atoms with Gasteiger partial charge in [0.15, 0.2) is 0 Å². The van der Waals surface area contributed by atoms with Crippen LogP contribution in [0.3, 0.4) is 0 Å². The zero-order valence-electron chi connectivity index (χ0n) is 17.9. The molecule has 1 amide bonds. The summed E-state index contributed by atoms with van der Waals surface area (Å²) in [4.78, 5) is 12.6. The van der Waals surface area contributed by atoms with E-state index in [1.807, 2.05) is 0 Å². The van der Waals surface area contributed by atoms with Crippen molar-refractivity contribution in [3.05, 3.63) is 64.7 Å². The van der Waals surface area contributed by atoms with Gasteiger partial charge in [0.05, 0.1) is 5.41 Å². The van der Waals surface area contributed by atoms with Crippen molar-refractivity contribution in [2.45, 2.75) is 51.2 Å². The summed E-state index contributed by atoms with van der Waals surface area (Å²) in [5, 5.41) is 26.6. The van der Waals surface area contributed by atoms with Crippen LogP contribution in [0.15, 0.2) is 42.5 Å². The number of amides is 1. The molecular formula is C24H33N3O3. The third-order valence-electron chi connectivity index (χ3n) is 5.63. The normalized spacial score (nSPS) is 18.3. The van der Waals surface area contributed by atoms with Gasteiger partial charge in [0.2, 0.25) is 5.91 Å². The van der Waals surface area contributed by atoms with Gasteiger partial charge in [-0.25, -0.2) is 0 Å². The molecule has 0 saturated heterocycles. The van der Waals surface area contributed by atoms with Gasteiger partial charge in [-0.05, 0) is 55.9 Å². The molecule has 2 aromatic carbocycles. The van der Waals surface area contributed by atoms with Gasteiger partial charge in [-0.3, -0.25) is 10.1 Å². The Hall–Kier alpha value is -2.41. The SMILES string of the molecule is CCO.Cc1cccc([C@@H]2NCc3cc(C4(C(=O)NCCCO)CC4)ccc3N2)c1. The zero-order valence-corrected chi connectivity index (χ0v) is 17.9. The van der Waals surface area contributed by atoms with E-state index < -0.39 is 0 Å². The maximum atomic E-state index is 12.6. The van der Waals surface area contributed by atoms with Crippen LogP contribution in [-0.2, 0) is 16.8 Å². The summed E-state index contributed by atoms with van der Waals surface area (Å²) < 4.78 is 0. The second-order valence-electron chi connectivity index (χ2n) is 7.98. The molecule has 0 spiro atoms. The van der Waals surface area contributed by atoms with Crippen molar-refractivity contribution in [3.8, 4) is 0 Å². The molecule has 6 nitrogen and oxygen atoms in total. The van der Waals surface area contributed by atoms with Crippen LogP contribution < -0.4 is 16.0 Å².